The third-order valence-corrected chi connectivity index (χ3v) is 3.86. The molecule has 0 bridgehead atoms. The van der Waals surface area contributed by atoms with Gasteiger partial charge < -0.3 is 5.32 Å². The van der Waals surface area contributed by atoms with E-state index in [1.165, 1.54) is 4.80 Å². The second-order valence-electron chi connectivity index (χ2n) is 5.27. The van der Waals surface area contributed by atoms with Crippen LogP contribution in [-0.2, 0) is 4.79 Å². The topological polar surface area (TPSA) is 96.5 Å². The number of nitrogens with one attached hydrogen (secondary N) is 1. The lowest BCUT2D eigenvalue weighted by Gasteiger charge is -2.10. The molecule has 2 aromatic carbocycles. The average molecular weight is 353 g/mol. The highest BCUT2D eigenvalue weighted by molar-refractivity contribution is 6.33. The molecule has 0 saturated carbocycles. The molecule has 3 aromatic rings. The van der Waals surface area contributed by atoms with Gasteiger partial charge in [-0.25, -0.2) is 0 Å². The number of amides is 1. The second-order valence-corrected chi connectivity index (χ2v) is 5.68. The van der Waals surface area contributed by atoms with Gasteiger partial charge in [-0.2, -0.15) is 10.1 Å². The highest BCUT2D eigenvalue weighted by atomic mass is 35.5. The van der Waals surface area contributed by atoms with Gasteiger partial charge in [0.25, 0.3) is 5.91 Å². The highest BCUT2D eigenvalue weighted by Crippen LogP contribution is 2.24. The molecule has 0 spiro atoms. The molecule has 1 aromatic heterocycles. The number of nitriles is 1. The summed E-state index contributed by atoms with van der Waals surface area (Å²) >= 11 is 6.12. The van der Waals surface area contributed by atoms with Crippen LogP contribution in [0.5, 0.6) is 0 Å². The van der Waals surface area contributed by atoms with E-state index in [9.17, 15) is 4.79 Å². The minimum absolute atomic E-state index is 0.321. The van der Waals surface area contributed by atoms with E-state index in [-0.39, 0.29) is 5.91 Å². The van der Waals surface area contributed by atoms with Gasteiger partial charge in [-0.15, -0.1) is 10.2 Å². The van der Waals surface area contributed by atoms with Crippen LogP contribution in [0.15, 0.2) is 48.5 Å². The van der Waals surface area contributed by atoms with Crippen molar-refractivity contribution < 1.29 is 4.79 Å². The van der Waals surface area contributed by atoms with Crippen LogP contribution in [0.1, 0.15) is 18.5 Å². The number of aromatic nitrogens is 4. The van der Waals surface area contributed by atoms with Crippen LogP contribution in [0, 0.1) is 11.3 Å². The summed E-state index contributed by atoms with van der Waals surface area (Å²) in [6.45, 7) is 1.65. The van der Waals surface area contributed by atoms with Crippen LogP contribution in [0.4, 0.5) is 5.69 Å². The molecule has 1 unspecified atom stereocenters. The van der Waals surface area contributed by atoms with E-state index < -0.39 is 6.04 Å². The van der Waals surface area contributed by atoms with E-state index in [1.54, 1.807) is 43.3 Å². The van der Waals surface area contributed by atoms with Gasteiger partial charge in [0.2, 0.25) is 5.82 Å². The van der Waals surface area contributed by atoms with Gasteiger partial charge in [0.1, 0.15) is 6.04 Å². The SMILES string of the molecule is CC(C(=O)Nc1cccc(C#N)c1)n1nnc(-c2ccccc2Cl)n1. The number of anilines is 1. The van der Waals surface area contributed by atoms with Gasteiger partial charge in [-0.05, 0) is 42.5 Å². The first-order valence-corrected chi connectivity index (χ1v) is 7.81. The lowest BCUT2D eigenvalue weighted by molar-refractivity contribution is -0.119. The van der Waals surface area contributed by atoms with Crippen molar-refractivity contribution in [1.82, 2.24) is 20.2 Å². The Balaban J connectivity index is 1.77. The second kappa shape index (κ2) is 7.11. The number of nitrogens with zero attached hydrogens (tertiary/aromatic N) is 5. The maximum absolute atomic E-state index is 12.4. The fourth-order valence-electron chi connectivity index (χ4n) is 2.16. The third kappa shape index (κ3) is 3.65. The summed E-state index contributed by atoms with van der Waals surface area (Å²) in [6.07, 6.45) is 0. The smallest absolute Gasteiger partial charge is 0.250 e. The minimum atomic E-state index is -0.686. The first-order chi connectivity index (χ1) is 12.1. The van der Waals surface area contributed by atoms with E-state index >= 15 is 0 Å². The molecule has 0 saturated heterocycles. The zero-order valence-electron chi connectivity index (χ0n) is 13.2. The van der Waals surface area contributed by atoms with Gasteiger partial charge in [-0.3, -0.25) is 4.79 Å². The monoisotopic (exact) mass is 352 g/mol. The number of hydrogen-bond donors (Lipinski definition) is 1. The molecule has 0 fully saturated rings. The van der Waals surface area contributed by atoms with Crippen molar-refractivity contribution >= 4 is 23.2 Å². The molecule has 8 heteroatoms. The number of carbonyl (C=O) groups is 1. The summed E-state index contributed by atoms with van der Waals surface area (Å²) in [7, 11) is 0. The molecule has 0 radical (unpaired) electrons. The van der Waals surface area contributed by atoms with Crippen LogP contribution in [0.3, 0.4) is 0 Å². The van der Waals surface area contributed by atoms with Crippen molar-refractivity contribution in [1.29, 1.82) is 5.26 Å². The summed E-state index contributed by atoms with van der Waals surface area (Å²) in [6, 6.07) is 15.1. The number of benzene rings is 2. The maximum Gasteiger partial charge on any atom is 0.250 e. The summed E-state index contributed by atoms with van der Waals surface area (Å²) in [5, 5.41) is 24.3. The number of halogens is 1. The number of hydrogen-bond acceptors (Lipinski definition) is 5. The van der Waals surface area contributed by atoms with Crippen LogP contribution in [0.25, 0.3) is 11.4 Å². The normalized spacial score (nSPS) is 11.6. The molecule has 0 aliphatic rings. The van der Waals surface area contributed by atoms with Crippen molar-refractivity contribution in [3.63, 3.8) is 0 Å². The zero-order chi connectivity index (χ0) is 17.8. The van der Waals surface area contributed by atoms with Gasteiger partial charge >= 0.3 is 0 Å². The summed E-state index contributed by atoms with van der Waals surface area (Å²) in [5.41, 5.74) is 1.64. The predicted octanol–water partition coefficient (Wildman–Crippen LogP) is 3.06. The fraction of sp³-hybridized carbons (Fsp3) is 0.118. The first-order valence-electron chi connectivity index (χ1n) is 7.44. The molecule has 0 aliphatic carbocycles. The van der Waals surface area contributed by atoms with E-state index in [1.807, 2.05) is 18.2 Å². The number of tetrazole rings is 1. The van der Waals surface area contributed by atoms with Crippen LogP contribution < -0.4 is 5.32 Å². The molecule has 124 valence electrons. The first kappa shape index (κ1) is 16.6. The maximum atomic E-state index is 12.4. The predicted molar refractivity (Wildman–Crippen MR) is 92.8 cm³/mol. The Hall–Kier alpha value is -3.24. The molecule has 1 heterocycles. The molecule has 0 aliphatic heterocycles. The summed E-state index contributed by atoms with van der Waals surface area (Å²) < 4.78 is 0. The van der Waals surface area contributed by atoms with Gasteiger partial charge in [-0.1, -0.05) is 29.8 Å². The molecular weight excluding hydrogens is 340 g/mol. The minimum Gasteiger partial charge on any atom is -0.324 e. The Kier molecular flexibility index (Phi) is 4.73. The molecule has 1 atom stereocenters. The van der Waals surface area contributed by atoms with Crippen molar-refractivity contribution in [2.45, 2.75) is 13.0 Å². The molecule has 7 nitrogen and oxygen atoms in total. The van der Waals surface area contributed by atoms with Crippen molar-refractivity contribution in [2.24, 2.45) is 0 Å². The molecule has 1 N–H and O–H groups in total. The quantitative estimate of drug-likeness (QED) is 0.778. The Morgan fingerprint density at radius 2 is 2.08 bits per heavy atom. The van der Waals surface area contributed by atoms with Gasteiger partial charge in [0.15, 0.2) is 0 Å². The van der Waals surface area contributed by atoms with E-state index in [0.29, 0.717) is 27.7 Å². The van der Waals surface area contributed by atoms with E-state index in [2.05, 4.69) is 20.7 Å². The Labute approximate surface area is 148 Å². The largest absolute Gasteiger partial charge is 0.324 e. The molecule has 3 rings (SSSR count). The zero-order valence-corrected chi connectivity index (χ0v) is 14.0. The Morgan fingerprint density at radius 1 is 1.28 bits per heavy atom. The van der Waals surface area contributed by atoms with Crippen molar-refractivity contribution in [3.8, 4) is 17.5 Å². The lowest BCUT2D eigenvalue weighted by atomic mass is 10.2. The fourth-order valence-corrected chi connectivity index (χ4v) is 2.38. The summed E-state index contributed by atoms with van der Waals surface area (Å²) in [4.78, 5) is 13.6. The Bertz CT molecular complexity index is 962. The van der Waals surface area contributed by atoms with E-state index in [0.717, 1.165) is 0 Å². The van der Waals surface area contributed by atoms with E-state index in [4.69, 9.17) is 16.9 Å². The Morgan fingerprint density at radius 3 is 2.84 bits per heavy atom. The van der Waals surface area contributed by atoms with Crippen LogP contribution in [-0.4, -0.2) is 26.1 Å². The third-order valence-electron chi connectivity index (χ3n) is 3.53. The standard InChI is InChI=1S/C17H13ClN6O/c1-11(17(25)20-13-6-4-5-12(9-13)10-19)24-22-16(21-23-24)14-7-2-3-8-15(14)18/h2-9,11H,1H3,(H,20,25). The highest BCUT2D eigenvalue weighted by Gasteiger charge is 2.19. The van der Waals surface area contributed by atoms with Crippen LogP contribution >= 0.6 is 11.6 Å². The lowest BCUT2D eigenvalue weighted by Crippen LogP contribution is -2.25. The van der Waals surface area contributed by atoms with Crippen LogP contribution in [0.2, 0.25) is 5.02 Å². The summed E-state index contributed by atoms with van der Waals surface area (Å²) in [5.74, 6) is 0.0231. The average Bonchev–Trinajstić information content (AvgIpc) is 3.11. The van der Waals surface area contributed by atoms with Gasteiger partial charge in [0.05, 0.1) is 16.7 Å². The molecule has 1 amide bonds. The molecular formula is C17H13ClN6O. The van der Waals surface area contributed by atoms with Gasteiger partial charge in [0, 0.05) is 11.3 Å². The molecule has 25 heavy (non-hydrogen) atoms. The number of carbonyl (C=O) groups excluding carboxylic acids is 1. The van der Waals surface area contributed by atoms with Crippen molar-refractivity contribution in [3.05, 3.63) is 59.1 Å². The van der Waals surface area contributed by atoms with Crippen molar-refractivity contribution in [2.75, 3.05) is 5.32 Å². The number of rotatable bonds is 4.